The van der Waals surface area contributed by atoms with Crippen LogP contribution in [0.5, 0.6) is 0 Å². The second-order valence-electron chi connectivity index (χ2n) is 4.23. The Morgan fingerprint density at radius 3 is 2.55 bits per heavy atom. The first kappa shape index (κ1) is 19.1. The molecular formula is C12H25IN6O. The third-order valence-corrected chi connectivity index (χ3v) is 2.70. The van der Waals surface area contributed by atoms with Crippen molar-refractivity contribution in [1.29, 1.82) is 0 Å². The maximum atomic E-state index is 5.01. The van der Waals surface area contributed by atoms with Gasteiger partial charge in [0.05, 0.1) is 6.61 Å². The lowest BCUT2D eigenvalue weighted by Gasteiger charge is -2.11. The van der Waals surface area contributed by atoms with E-state index in [1.165, 1.54) is 0 Å². The number of ether oxygens (including phenoxy) is 1. The van der Waals surface area contributed by atoms with Crippen LogP contribution in [0.2, 0.25) is 0 Å². The predicted octanol–water partition coefficient (Wildman–Crippen LogP) is 0.833. The lowest BCUT2D eigenvalue weighted by Crippen LogP contribution is -2.39. The Balaban J connectivity index is 0.00000361. The van der Waals surface area contributed by atoms with E-state index < -0.39 is 0 Å². The van der Waals surface area contributed by atoms with Crippen molar-refractivity contribution in [3.05, 3.63) is 11.6 Å². The Morgan fingerprint density at radius 1 is 1.30 bits per heavy atom. The zero-order valence-electron chi connectivity index (χ0n) is 12.6. The van der Waals surface area contributed by atoms with Gasteiger partial charge in [-0.3, -0.25) is 0 Å². The van der Waals surface area contributed by atoms with Crippen LogP contribution in [0, 0.1) is 6.92 Å². The number of halogens is 1. The molecular weight excluding hydrogens is 371 g/mol. The number of aryl methyl sites for hydroxylation is 1. The van der Waals surface area contributed by atoms with E-state index in [1.54, 1.807) is 7.11 Å². The molecule has 0 atom stereocenters. The SMILES string of the molecule is CCCNC(=NCc1nnc(C)n1C)NCCOC.I. The van der Waals surface area contributed by atoms with Crippen LogP contribution in [0.4, 0.5) is 0 Å². The highest BCUT2D eigenvalue weighted by molar-refractivity contribution is 14.0. The molecule has 0 aromatic carbocycles. The van der Waals surface area contributed by atoms with Crippen LogP contribution in [0.3, 0.4) is 0 Å². The second-order valence-corrected chi connectivity index (χ2v) is 4.23. The molecule has 0 fully saturated rings. The summed E-state index contributed by atoms with van der Waals surface area (Å²) >= 11 is 0. The molecule has 116 valence electrons. The van der Waals surface area contributed by atoms with E-state index in [0.29, 0.717) is 13.2 Å². The molecule has 8 heteroatoms. The van der Waals surface area contributed by atoms with E-state index in [2.05, 4.69) is 32.7 Å². The molecule has 0 saturated carbocycles. The average molecular weight is 396 g/mol. The lowest BCUT2D eigenvalue weighted by atomic mass is 10.5. The fourth-order valence-electron chi connectivity index (χ4n) is 1.43. The van der Waals surface area contributed by atoms with E-state index in [0.717, 1.165) is 37.1 Å². The lowest BCUT2D eigenvalue weighted by molar-refractivity contribution is 0.203. The van der Waals surface area contributed by atoms with Crippen LogP contribution in [0.1, 0.15) is 25.0 Å². The predicted molar refractivity (Wildman–Crippen MR) is 90.5 cm³/mol. The van der Waals surface area contributed by atoms with E-state index in [-0.39, 0.29) is 24.0 Å². The van der Waals surface area contributed by atoms with Crippen molar-refractivity contribution in [2.24, 2.45) is 12.0 Å². The zero-order chi connectivity index (χ0) is 14.1. The molecule has 0 bridgehead atoms. The van der Waals surface area contributed by atoms with Gasteiger partial charge >= 0.3 is 0 Å². The van der Waals surface area contributed by atoms with Crippen LogP contribution in [-0.4, -0.2) is 47.5 Å². The minimum Gasteiger partial charge on any atom is -0.383 e. The molecule has 2 N–H and O–H groups in total. The van der Waals surface area contributed by atoms with Crippen molar-refractivity contribution in [3.63, 3.8) is 0 Å². The van der Waals surface area contributed by atoms with Crippen molar-refractivity contribution in [2.45, 2.75) is 26.8 Å². The van der Waals surface area contributed by atoms with Gasteiger partial charge in [0, 0.05) is 27.2 Å². The Bertz CT molecular complexity index is 407. The first-order valence-electron chi connectivity index (χ1n) is 6.55. The number of hydrogen-bond donors (Lipinski definition) is 2. The molecule has 1 rings (SSSR count). The minimum absolute atomic E-state index is 0. The number of hydrogen-bond acceptors (Lipinski definition) is 4. The van der Waals surface area contributed by atoms with Crippen molar-refractivity contribution >= 4 is 29.9 Å². The highest BCUT2D eigenvalue weighted by Gasteiger charge is 2.04. The van der Waals surface area contributed by atoms with Crippen LogP contribution in [-0.2, 0) is 18.3 Å². The average Bonchev–Trinajstić information content (AvgIpc) is 2.73. The van der Waals surface area contributed by atoms with E-state index >= 15 is 0 Å². The molecule has 0 spiro atoms. The molecule has 7 nitrogen and oxygen atoms in total. The van der Waals surface area contributed by atoms with Gasteiger partial charge in [0.15, 0.2) is 11.8 Å². The fourth-order valence-corrected chi connectivity index (χ4v) is 1.43. The van der Waals surface area contributed by atoms with Crippen molar-refractivity contribution < 1.29 is 4.74 Å². The maximum absolute atomic E-state index is 5.01. The number of methoxy groups -OCH3 is 1. The summed E-state index contributed by atoms with van der Waals surface area (Å²) in [5.74, 6) is 2.52. The zero-order valence-corrected chi connectivity index (χ0v) is 15.0. The Morgan fingerprint density at radius 2 is 2.00 bits per heavy atom. The number of aromatic nitrogens is 3. The Hall–Kier alpha value is -0.900. The number of guanidine groups is 1. The van der Waals surface area contributed by atoms with E-state index in [1.807, 2.05) is 18.5 Å². The molecule has 0 amide bonds. The maximum Gasteiger partial charge on any atom is 0.191 e. The largest absolute Gasteiger partial charge is 0.383 e. The number of nitrogens with one attached hydrogen (secondary N) is 2. The summed E-state index contributed by atoms with van der Waals surface area (Å²) in [5.41, 5.74) is 0. The molecule has 0 radical (unpaired) electrons. The first-order valence-corrected chi connectivity index (χ1v) is 6.55. The molecule has 0 aliphatic heterocycles. The molecule has 20 heavy (non-hydrogen) atoms. The first-order chi connectivity index (χ1) is 9.19. The third kappa shape index (κ3) is 6.51. The minimum atomic E-state index is 0. The second kappa shape index (κ2) is 10.8. The van der Waals surface area contributed by atoms with Crippen molar-refractivity contribution in [3.8, 4) is 0 Å². The summed E-state index contributed by atoms with van der Waals surface area (Å²) in [6, 6.07) is 0. The van der Waals surface area contributed by atoms with Gasteiger partial charge in [-0.2, -0.15) is 0 Å². The van der Waals surface area contributed by atoms with Crippen LogP contribution in [0.15, 0.2) is 4.99 Å². The van der Waals surface area contributed by atoms with Crippen LogP contribution < -0.4 is 10.6 Å². The number of nitrogens with zero attached hydrogens (tertiary/aromatic N) is 4. The van der Waals surface area contributed by atoms with E-state index in [4.69, 9.17) is 4.74 Å². The Labute approximate surface area is 137 Å². The van der Waals surface area contributed by atoms with Gasteiger partial charge in [-0.15, -0.1) is 34.2 Å². The van der Waals surface area contributed by atoms with Crippen LogP contribution in [0.25, 0.3) is 0 Å². The highest BCUT2D eigenvalue weighted by Crippen LogP contribution is 1.98. The summed E-state index contributed by atoms with van der Waals surface area (Å²) < 4.78 is 6.95. The van der Waals surface area contributed by atoms with Gasteiger partial charge in [0.25, 0.3) is 0 Å². The molecule has 0 saturated heterocycles. The van der Waals surface area contributed by atoms with Gasteiger partial charge in [-0.05, 0) is 13.3 Å². The van der Waals surface area contributed by atoms with Gasteiger partial charge < -0.3 is 19.9 Å². The molecule has 1 heterocycles. The molecule has 1 aromatic rings. The van der Waals surface area contributed by atoms with Crippen LogP contribution >= 0.6 is 24.0 Å². The topological polar surface area (TPSA) is 76.4 Å². The molecule has 0 aliphatic rings. The number of rotatable bonds is 7. The van der Waals surface area contributed by atoms with Crippen molar-refractivity contribution in [1.82, 2.24) is 25.4 Å². The third-order valence-electron chi connectivity index (χ3n) is 2.70. The van der Waals surface area contributed by atoms with Gasteiger partial charge in [-0.1, -0.05) is 6.92 Å². The summed E-state index contributed by atoms with van der Waals surface area (Å²) in [7, 11) is 3.62. The monoisotopic (exact) mass is 396 g/mol. The standard InChI is InChI=1S/C12H24N6O.HI/c1-5-6-13-12(14-7-8-19-4)15-9-11-17-16-10(2)18(11)3;/h5-9H2,1-4H3,(H2,13,14,15);1H. The molecule has 0 unspecified atom stereocenters. The summed E-state index contributed by atoms with van der Waals surface area (Å²) in [5, 5.41) is 14.6. The number of aliphatic imine (C=N–C) groups is 1. The van der Waals surface area contributed by atoms with Gasteiger partial charge in [0.1, 0.15) is 12.4 Å². The van der Waals surface area contributed by atoms with Gasteiger partial charge in [-0.25, -0.2) is 4.99 Å². The quantitative estimate of drug-likeness (QED) is 0.309. The summed E-state index contributed by atoms with van der Waals surface area (Å²) in [4.78, 5) is 4.49. The van der Waals surface area contributed by atoms with Gasteiger partial charge in [0.2, 0.25) is 0 Å². The fraction of sp³-hybridized carbons (Fsp3) is 0.750. The Kier molecular flexibility index (Phi) is 10.3. The summed E-state index contributed by atoms with van der Waals surface area (Å²) in [6.45, 7) is 6.80. The van der Waals surface area contributed by atoms with Crippen molar-refractivity contribution in [2.75, 3.05) is 26.8 Å². The van der Waals surface area contributed by atoms with E-state index in [9.17, 15) is 0 Å². The smallest absolute Gasteiger partial charge is 0.191 e. The molecule has 0 aliphatic carbocycles. The summed E-state index contributed by atoms with van der Waals surface area (Å²) in [6.07, 6.45) is 1.05. The molecule has 1 aromatic heterocycles. The normalized spacial score (nSPS) is 11.1. The highest BCUT2D eigenvalue weighted by atomic mass is 127.